The number of benzene rings is 1. The molecule has 1 fully saturated rings. The molecule has 0 aliphatic carbocycles. The number of nitrogens with two attached hydrogens (primary N) is 1. The van der Waals surface area contributed by atoms with Crippen LogP contribution in [0.3, 0.4) is 0 Å². The number of nitrogens with one attached hydrogen (secondary N) is 1. The van der Waals surface area contributed by atoms with Crippen molar-refractivity contribution >= 4 is 22.6 Å². The quantitative estimate of drug-likeness (QED) is 0.666. The van der Waals surface area contributed by atoms with Crippen molar-refractivity contribution in [3.05, 3.63) is 53.9 Å². The molecule has 0 unspecified atom stereocenters. The minimum atomic E-state index is -0.572. The second-order valence-corrected chi connectivity index (χ2v) is 6.44. The number of nitrogens with zero attached hydrogens (tertiary/aromatic N) is 3. The number of nitrogen functional groups attached to an aromatic ring is 1. The Bertz CT molecular complexity index is 922. The van der Waals surface area contributed by atoms with Gasteiger partial charge in [0.25, 0.3) is 5.91 Å². The molecule has 128 valence electrons. The fraction of sp³-hybridized carbons (Fsp3) is 0.278. The maximum atomic E-state index is 12.5. The number of rotatable bonds is 3. The Balaban J connectivity index is 1.48. The van der Waals surface area contributed by atoms with Crippen LogP contribution < -0.4 is 5.73 Å². The lowest BCUT2D eigenvalue weighted by Gasteiger charge is -2.15. The van der Waals surface area contributed by atoms with Gasteiger partial charge in [-0.2, -0.15) is 5.10 Å². The zero-order valence-corrected chi connectivity index (χ0v) is 13.6. The van der Waals surface area contributed by atoms with Crippen LogP contribution in [0.2, 0.25) is 0 Å². The summed E-state index contributed by atoms with van der Waals surface area (Å²) < 4.78 is 0. The topological polar surface area (TPSA) is 108 Å². The smallest absolute Gasteiger partial charge is 0.272 e. The molecule has 3 heterocycles. The minimum absolute atomic E-state index is 0.0436. The highest BCUT2D eigenvalue weighted by Gasteiger charge is 2.35. The maximum Gasteiger partial charge on any atom is 0.272 e. The Hall–Kier alpha value is -2.93. The van der Waals surface area contributed by atoms with Gasteiger partial charge in [0, 0.05) is 36.2 Å². The summed E-state index contributed by atoms with van der Waals surface area (Å²) in [6.45, 7) is 0.781. The number of carbonyl (C=O) groups is 1. The molecular weight excluding hydrogens is 318 g/mol. The molecule has 0 saturated carbocycles. The highest BCUT2D eigenvalue weighted by molar-refractivity contribution is 5.93. The fourth-order valence-electron chi connectivity index (χ4n) is 3.33. The van der Waals surface area contributed by atoms with E-state index in [0.717, 1.165) is 16.6 Å². The molecule has 2 atom stereocenters. The van der Waals surface area contributed by atoms with Crippen molar-refractivity contribution in [1.82, 2.24) is 20.1 Å². The van der Waals surface area contributed by atoms with E-state index in [1.807, 2.05) is 36.4 Å². The van der Waals surface area contributed by atoms with Crippen LogP contribution in [0, 0.1) is 5.92 Å². The van der Waals surface area contributed by atoms with E-state index >= 15 is 0 Å². The van der Waals surface area contributed by atoms with Gasteiger partial charge >= 0.3 is 0 Å². The predicted octanol–water partition coefficient (Wildman–Crippen LogP) is 1.22. The Labute approximate surface area is 144 Å². The molecule has 1 saturated heterocycles. The molecule has 2 aromatic heterocycles. The van der Waals surface area contributed by atoms with Gasteiger partial charge in [0.1, 0.15) is 11.5 Å². The van der Waals surface area contributed by atoms with E-state index in [-0.39, 0.29) is 17.6 Å². The number of para-hydroxylation sites is 1. The number of anilines is 1. The molecule has 0 radical (unpaired) electrons. The first-order valence-corrected chi connectivity index (χ1v) is 8.23. The number of H-pyrrole nitrogens is 1. The number of aromatic nitrogens is 3. The molecule has 0 bridgehead atoms. The van der Waals surface area contributed by atoms with Gasteiger partial charge < -0.3 is 15.7 Å². The summed E-state index contributed by atoms with van der Waals surface area (Å²) >= 11 is 0. The Kier molecular flexibility index (Phi) is 3.85. The molecule has 4 rings (SSSR count). The fourth-order valence-corrected chi connectivity index (χ4v) is 3.33. The molecule has 1 aliphatic rings. The average molecular weight is 337 g/mol. The second-order valence-electron chi connectivity index (χ2n) is 6.44. The molecule has 1 aliphatic heterocycles. The van der Waals surface area contributed by atoms with Crippen LogP contribution in [0.4, 0.5) is 5.82 Å². The largest absolute Gasteiger partial charge is 0.391 e. The van der Waals surface area contributed by atoms with Gasteiger partial charge in [-0.05, 0) is 18.6 Å². The molecule has 7 nitrogen and oxygen atoms in total. The standard InChI is InChI=1S/C18H19N5O2/c19-17-8-15(21-22-17)18(25)23-9-12(16(24)10-23)7-13-6-5-11-3-1-2-4-14(11)20-13/h1-6,8,12,16,24H,7,9-10H2,(H3,19,21,22)/t12-,16-/m1/s1. The molecule has 7 heteroatoms. The third kappa shape index (κ3) is 3.06. The summed E-state index contributed by atoms with van der Waals surface area (Å²) in [6.07, 6.45) is 0.0541. The number of carbonyl (C=O) groups excluding carboxylic acids is 1. The third-order valence-electron chi connectivity index (χ3n) is 4.65. The number of hydrogen-bond acceptors (Lipinski definition) is 5. The van der Waals surface area contributed by atoms with Gasteiger partial charge in [-0.3, -0.25) is 14.9 Å². The van der Waals surface area contributed by atoms with E-state index in [1.54, 1.807) is 4.90 Å². The van der Waals surface area contributed by atoms with E-state index < -0.39 is 6.10 Å². The first-order chi connectivity index (χ1) is 12.1. The van der Waals surface area contributed by atoms with Gasteiger partial charge in [0.2, 0.25) is 0 Å². The molecule has 0 spiro atoms. The maximum absolute atomic E-state index is 12.5. The Morgan fingerprint density at radius 1 is 1.28 bits per heavy atom. The molecule has 1 amide bonds. The second kappa shape index (κ2) is 6.18. The number of aliphatic hydroxyl groups is 1. The Morgan fingerprint density at radius 2 is 2.12 bits per heavy atom. The number of pyridine rings is 1. The van der Waals surface area contributed by atoms with Crippen LogP contribution in [0.15, 0.2) is 42.5 Å². The van der Waals surface area contributed by atoms with Crippen molar-refractivity contribution < 1.29 is 9.90 Å². The lowest BCUT2D eigenvalue weighted by molar-refractivity contribution is 0.0759. The summed E-state index contributed by atoms with van der Waals surface area (Å²) in [7, 11) is 0. The third-order valence-corrected chi connectivity index (χ3v) is 4.65. The van der Waals surface area contributed by atoms with E-state index in [0.29, 0.717) is 25.2 Å². The first kappa shape index (κ1) is 15.6. The van der Waals surface area contributed by atoms with Crippen LogP contribution in [0.1, 0.15) is 16.2 Å². The van der Waals surface area contributed by atoms with E-state index in [9.17, 15) is 9.90 Å². The highest BCUT2D eigenvalue weighted by Crippen LogP contribution is 2.23. The van der Waals surface area contributed by atoms with Crippen molar-refractivity contribution in [3.63, 3.8) is 0 Å². The monoisotopic (exact) mass is 337 g/mol. The number of aliphatic hydroxyl groups excluding tert-OH is 1. The highest BCUT2D eigenvalue weighted by atomic mass is 16.3. The van der Waals surface area contributed by atoms with E-state index in [4.69, 9.17) is 5.73 Å². The molecule has 1 aromatic carbocycles. The lowest BCUT2D eigenvalue weighted by Crippen LogP contribution is -2.29. The molecule has 4 N–H and O–H groups in total. The zero-order valence-electron chi connectivity index (χ0n) is 13.6. The van der Waals surface area contributed by atoms with Crippen LogP contribution in [0.25, 0.3) is 10.9 Å². The molecular formula is C18H19N5O2. The number of hydrogen-bond donors (Lipinski definition) is 3. The first-order valence-electron chi connectivity index (χ1n) is 8.23. The van der Waals surface area contributed by atoms with Gasteiger partial charge in [-0.15, -0.1) is 0 Å². The van der Waals surface area contributed by atoms with Crippen LogP contribution >= 0.6 is 0 Å². The van der Waals surface area contributed by atoms with E-state index in [1.165, 1.54) is 6.07 Å². The normalized spacial score (nSPS) is 20.3. The number of likely N-dealkylation sites (tertiary alicyclic amines) is 1. The van der Waals surface area contributed by atoms with Crippen molar-refractivity contribution in [1.29, 1.82) is 0 Å². The lowest BCUT2D eigenvalue weighted by atomic mass is 9.99. The molecule has 3 aromatic rings. The van der Waals surface area contributed by atoms with Crippen LogP contribution in [-0.4, -0.2) is 50.3 Å². The molecule has 25 heavy (non-hydrogen) atoms. The summed E-state index contributed by atoms with van der Waals surface area (Å²) in [5, 5.41) is 17.9. The van der Waals surface area contributed by atoms with E-state index in [2.05, 4.69) is 15.2 Å². The van der Waals surface area contributed by atoms with Gasteiger partial charge in [-0.25, -0.2) is 0 Å². The number of aromatic amines is 1. The average Bonchev–Trinajstić information content (AvgIpc) is 3.20. The van der Waals surface area contributed by atoms with Crippen molar-refractivity contribution in [3.8, 4) is 0 Å². The minimum Gasteiger partial charge on any atom is -0.391 e. The number of amides is 1. The number of β-amino-alcohol motifs (C(OH)–C–C–N with tert-alkyl or cyclic N) is 1. The zero-order chi connectivity index (χ0) is 17.4. The summed E-state index contributed by atoms with van der Waals surface area (Å²) in [4.78, 5) is 18.7. The van der Waals surface area contributed by atoms with Crippen molar-refractivity contribution in [2.75, 3.05) is 18.8 Å². The Morgan fingerprint density at radius 3 is 2.92 bits per heavy atom. The summed E-state index contributed by atoms with van der Waals surface area (Å²) in [5.41, 5.74) is 7.75. The van der Waals surface area contributed by atoms with Crippen LogP contribution in [-0.2, 0) is 6.42 Å². The summed E-state index contributed by atoms with van der Waals surface area (Å²) in [6, 6.07) is 13.5. The predicted molar refractivity (Wildman–Crippen MR) is 93.8 cm³/mol. The van der Waals surface area contributed by atoms with Gasteiger partial charge in [0.05, 0.1) is 11.6 Å². The van der Waals surface area contributed by atoms with Gasteiger partial charge in [-0.1, -0.05) is 24.3 Å². The van der Waals surface area contributed by atoms with Gasteiger partial charge in [0.15, 0.2) is 0 Å². The van der Waals surface area contributed by atoms with Crippen molar-refractivity contribution in [2.24, 2.45) is 5.92 Å². The van der Waals surface area contributed by atoms with Crippen LogP contribution in [0.5, 0.6) is 0 Å². The summed E-state index contributed by atoms with van der Waals surface area (Å²) in [5.74, 6) is 0.0371. The SMILES string of the molecule is Nc1cc(C(=O)N2C[C@@H](Cc3ccc4ccccc4n3)[C@H](O)C2)[nH]n1. The number of fused-ring (bicyclic) bond motifs is 1. The van der Waals surface area contributed by atoms with Crippen molar-refractivity contribution in [2.45, 2.75) is 12.5 Å².